The molecule has 0 spiro atoms. The zero-order valence-corrected chi connectivity index (χ0v) is 15.5. The van der Waals surface area contributed by atoms with Gasteiger partial charge in [0.2, 0.25) is 0 Å². The molecule has 0 aliphatic rings. The van der Waals surface area contributed by atoms with Gasteiger partial charge in [0, 0.05) is 0 Å². The molecule has 0 unspecified atom stereocenters. The standard InChI is InChI=1S/C10H10.C8H8.C6H6O.CH2O/c1-3-9-7-5-6-8-10(9)4-2;1-2-8-6-4-3-5-7-8;7-6-4-2-1-3-5-6;1-2/h3-8H,1-2H2;2-7H,1H2;1-5,7H;1H2. The molecule has 0 aliphatic heterocycles. The lowest BCUT2D eigenvalue weighted by Gasteiger charge is -1.96. The highest BCUT2D eigenvalue weighted by Crippen LogP contribution is 2.10. The average molecular weight is 358 g/mol. The summed E-state index contributed by atoms with van der Waals surface area (Å²) < 4.78 is 0. The number of phenolic OH excluding ortho intramolecular Hbond substituents is 1. The topological polar surface area (TPSA) is 37.3 Å². The van der Waals surface area contributed by atoms with Crippen LogP contribution in [0.2, 0.25) is 0 Å². The number of benzene rings is 3. The largest absolute Gasteiger partial charge is 0.508 e. The predicted molar refractivity (Wildman–Crippen MR) is 118 cm³/mol. The molecule has 1 N–H and O–H groups in total. The van der Waals surface area contributed by atoms with E-state index in [1.807, 2.05) is 85.7 Å². The fourth-order valence-electron chi connectivity index (χ4n) is 1.90. The van der Waals surface area contributed by atoms with Crippen LogP contribution in [0.5, 0.6) is 5.75 Å². The van der Waals surface area contributed by atoms with Crippen LogP contribution in [0.1, 0.15) is 16.7 Å². The van der Waals surface area contributed by atoms with Gasteiger partial charge in [-0.1, -0.05) is 111 Å². The van der Waals surface area contributed by atoms with Crippen molar-refractivity contribution < 1.29 is 9.90 Å². The van der Waals surface area contributed by atoms with Gasteiger partial charge in [0.05, 0.1) is 0 Å². The van der Waals surface area contributed by atoms with Gasteiger partial charge in [0.1, 0.15) is 12.5 Å². The molecule has 0 fully saturated rings. The fourth-order valence-corrected chi connectivity index (χ4v) is 1.90. The van der Waals surface area contributed by atoms with E-state index in [4.69, 9.17) is 9.90 Å². The van der Waals surface area contributed by atoms with Crippen molar-refractivity contribution in [3.63, 3.8) is 0 Å². The molecule has 2 nitrogen and oxygen atoms in total. The van der Waals surface area contributed by atoms with Gasteiger partial charge in [0.25, 0.3) is 0 Å². The molecule has 3 aromatic carbocycles. The number of phenols is 1. The van der Waals surface area contributed by atoms with Crippen LogP contribution in [0.3, 0.4) is 0 Å². The number of rotatable bonds is 3. The smallest absolute Gasteiger partial charge is 0.115 e. The summed E-state index contributed by atoms with van der Waals surface area (Å²) in [6, 6.07) is 26.8. The number of hydrogen-bond donors (Lipinski definition) is 1. The normalized spacial score (nSPS) is 8.15. The van der Waals surface area contributed by atoms with Crippen molar-refractivity contribution >= 4 is 25.0 Å². The second-order valence-electron chi connectivity index (χ2n) is 4.99. The Morgan fingerprint density at radius 2 is 0.926 bits per heavy atom. The number of hydrogen-bond acceptors (Lipinski definition) is 2. The van der Waals surface area contributed by atoms with E-state index in [1.165, 1.54) is 5.56 Å². The van der Waals surface area contributed by atoms with Crippen LogP contribution >= 0.6 is 0 Å². The maximum atomic E-state index is 8.63. The molecule has 3 aromatic rings. The van der Waals surface area contributed by atoms with E-state index in [9.17, 15) is 0 Å². The Morgan fingerprint density at radius 1 is 0.556 bits per heavy atom. The number of carbonyl (C=O) groups excluding carboxylic acids is 1. The molecule has 2 heteroatoms. The highest BCUT2D eigenvalue weighted by molar-refractivity contribution is 5.63. The highest BCUT2D eigenvalue weighted by Gasteiger charge is 1.89. The van der Waals surface area contributed by atoms with Crippen molar-refractivity contribution in [2.45, 2.75) is 0 Å². The van der Waals surface area contributed by atoms with Crippen molar-refractivity contribution in [1.29, 1.82) is 0 Å². The quantitative estimate of drug-likeness (QED) is 0.579. The van der Waals surface area contributed by atoms with E-state index in [0.29, 0.717) is 5.75 Å². The van der Waals surface area contributed by atoms with Crippen LogP contribution in [0.4, 0.5) is 0 Å². The summed E-state index contributed by atoms with van der Waals surface area (Å²) in [5.74, 6) is 0.322. The Labute approximate surface area is 162 Å². The van der Waals surface area contributed by atoms with E-state index in [0.717, 1.165) is 11.1 Å². The van der Waals surface area contributed by atoms with E-state index < -0.39 is 0 Å². The SMILES string of the molecule is C=Cc1ccccc1.C=Cc1ccccc1C=C.C=O.Oc1ccccc1. The van der Waals surface area contributed by atoms with E-state index in [1.54, 1.807) is 24.3 Å². The summed E-state index contributed by atoms with van der Waals surface area (Å²) in [6.45, 7) is 13.0. The van der Waals surface area contributed by atoms with Gasteiger partial charge in [-0.3, -0.25) is 0 Å². The lowest BCUT2D eigenvalue weighted by atomic mass is 10.1. The first-order valence-corrected chi connectivity index (χ1v) is 8.25. The summed E-state index contributed by atoms with van der Waals surface area (Å²) in [5.41, 5.74) is 3.45. The van der Waals surface area contributed by atoms with E-state index in [-0.39, 0.29) is 0 Å². The van der Waals surface area contributed by atoms with Crippen LogP contribution in [0.25, 0.3) is 18.2 Å². The highest BCUT2D eigenvalue weighted by atomic mass is 16.3. The monoisotopic (exact) mass is 358 g/mol. The third kappa shape index (κ3) is 10.7. The van der Waals surface area contributed by atoms with Crippen LogP contribution < -0.4 is 0 Å². The first-order valence-electron chi connectivity index (χ1n) is 8.25. The molecule has 27 heavy (non-hydrogen) atoms. The lowest BCUT2D eigenvalue weighted by molar-refractivity contribution is -0.0979. The van der Waals surface area contributed by atoms with E-state index in [2.05, 4.69) is 19.7 Å². The Morgan fingerprint density at radius 3 is 1.19 bits per heavy atom. The molecule has 0 radical (unpaired) electrons. The predicted octanol–water partition coefficient (Wildman–Crippen LogP) is 6.51. The summed E-state index contributed by atoms with van der Waals surface area (Å²) in [7, 11) is 0. The van der Waals surface area contributed by atoms with Gasteiger partial charge in [-0.15, -0.1) is 0 Å². The Bertz CT molecular complexity index is 751. The van der Waals surface area contributed by atoms with Crippen LogP contribution in [-0.4, -0.2) is 11.9 Å². The van der Waals surface area contributed by atoms with Crippen molar-refractivity contribution in [2.24, 2.45) is 0 Å². The molecule has 0 bridgehead atoms. The number of carbonyl (C=O) groups is 1. The van der Waals surface area contributed by atoms with Crippen molar-refractivity contribution in [2.75, 3.05) is 0 Å². The third-order valence-corrected chi connectivity index (χ3v) is 3.23. The summed E-state index contributed by atoms with van der Waals surface area (Å²) in [5, 5.41) is 8.63. The Hall–Kier alpha value is -3.65. The second kappa shape index (κ2) is 15.9. The molecular weight excluding hydrogens is 332 g/mol. The number of aromatic hydroxyl groups is 1. The minimum absolute atomic E-state index is 0.322. The molecule has 0 aromatic heterocycles. The summed E-state index contributed by atoms with van der Waals surface area (Å²) in [6.07, 6.45) is 5.49. The van der Waals surface area contributed by atoms with Crippen LogP contribution in [-0.2, 0) is 4.79 Å². The molecule has 0 saturated heterocycles. The van der Waals surface area contributed by atoms with Crippen LogP contribution in [0.15, 0.2) is 105 Å². The maximum Gasteiger partial charge on any atom is 0.115 e. The minimum atomic E-state index is 0.322. The number of para-hydroxylation sites is 1. The van der Waals surface area contributed by atoms with Gasteiger partial charge in [-0.05, 0) is 28.8 Å². The summed E-state index contributed by atoms with van der Waals surface area (Å²) >= 11 is 0. The maximum absolute atomic E-state index is 8.63. The molecule has 0 amide bonds. The van der Waals surface area contributed by atoms with E-state index >= 15 is 0 Å². The van der Waals surface area contributed by atoms with Crippen LogP contribution in [0, 0.1) is 0 Å². The molecule has 0 atom stereocenters. The van der Waals surface area contributed by atoms with Crippen molar-refractivity contribution in [3.05, 3.63) is 121 Å². The van der Waals surface area contributed by atoms with Gasteiger partial charge in [-0.2, -0.15) is 0 Å². The minimum Gasteiger partial charge on any atom is -0.508 e. The van der Waals surface area contributed by atoms with Gasteiger partial charge in [-0.25, -0.2) is 0 Å². The Balaban J connectivity index is 0.000000364. The molecule has 0 aliphatic carbocycles. The second-order valence-corrected chi connectivity index (χ2v) is 4.99. The molecular formula is C25H26O2. The third-order valence-electron chi connectivity index (χ3n) is 3.23. The van der Waals surface area contributed by atoms with Gasteiger partial charge in [0.15, 0.2) is 0 Å². The molecule has 3 rings (SSSR count). The first kappa shape index (κ1) is 23.4. The molecule has 0 heterocycles. The average Bonchev–Trinajstić information content (AvgIpc) is 2.77. The first-order chi connectivity index (χ1) is 13.2. The van der Waals surface area contributed by atoms with Crippen molar-refractivity contribution in [1.82, 2.24) is 0 Å². The molecule has 138 valence electrons. The van der Waals surface area contributed by atoms with Crippen molar-refractivity contribution in [3.8, 4) is 5.75 Å². The van der Waals surface area contributed by atoms with Gasteiger partial charge < -0.3 is 9.90 Å². The molecule has 0 saturated carbocycles. The Kier molecular flexibility index (Phi) is 13.7. The summed E-state index contributed by atoms with van der Waals surface area (Å²) in [4.78, 5) is 8.00. The zero-order valence-electron chi connectivity index (χ0n) is 15.5. The lowest BCUT2D eigenvalue weighted by Crippen LogP contribution is -1.76. The fraction of sp³-hybridized carbons (Fsp3) is 0. The van der Waals surface area contributed by atoms with Gasteiger partial charge >= 0.3 is 0 Å². The zero-order chi connectivity index (χ0) is 20.3.